The second-order valence-electron chi connectivity index (χ2n) is 6.77. The van der Waals surface area contributed by atoms with Crippen LogP contribution >= 0.6 is 0 Å². The zero-order valence-corrected chi connectivity index (χ0v) is 15.3. The third-order valence-corrected chi connectivity index (χ3v) is 6.25. The van der Waals surface area contributed by atoms with Crippen molar-refractivity contribution in [3.8, 4) is 5.75 Å². The zero-order valence-electron chi connectivity index (χ0n) is 14.5. The summed E-state index contributed by atoms with van der Waals surface area (Å²) in [4.78, 5) is 11.3. The van der Waals surface area contributed by atoms with Crippen LogP contribution in [0.4, 0.5) is 5.69 Å². The van der Waals surface area contributed by atoms with Crippen LogP contribution in [0.15, 0.2) is 23.1 Å². The number of methoxy groups -OCH3 is 1. The van der Waals surface area contributed by atoms with Crippen molar-refractivity contribution >= 4 is 21.6 Å². The van der Waals surface area contributed by atoms with Gasteiger partial charge in [-0.15, -0.1) is 0 Å². The molecule has 1 aliphatic heterocycles. The number of piperidine rings is 1. The lowest BCUT2D eigenvalue weighted by Gasteiger charge is -2.41. The molecule has 24 heavy (non-hydrogen) atoms. The summed E-state index contributed by atoms with van der Waals surface area (Å²) in [6, 6.07) is 4.53. The number of anilines is 1. The smallest absolute Gasteiger partial charge is 0.246 e. The third-order valence-electron chi connectivity index (χ3n) is 4.38. The lowest BCUT2D eigenvalue weighted by Crippen LogP contribution is -2.53. The molecule has 1 unspecified atom stereocenters. The first-order valence-electron chi connectivity index (χ1n) is 7.79. The third kappa shape index (κ3) is 3.71. The highest BCUT2D eigenvalue weighted by atomic mass is 32.2. The summed E-state index contributed by atoms with van der Waals surface area (Å²) in [5.74, 6) is -0.0228. The number of ether oxygens (including phenoxy) is 1. The Labute approximate surface area is 143 Å². The van der Waals surface area contributed by atoms with Gasteiger partial charge in [0, 0.05) is 31.7 Å². The van der Waals surface area contributed by atoms with Gasteiger partial charge in [-0.1, -0.05) is 13.8 Å². The van der Waals surface area contributed by atoms with Gasteiger partial charge in [-0.05, 0) is 30.0 Å². The molecule has 134 valence electrons. The Morgan fingerprint density at radius 2 is 2.08 bits per heavy atom. The number of carbonyl (C=O) groups is 1. The van der Waals surface area contributed by atoms with Gasteiger partial charge in [0.1, 0.15) is 10.6 Å². The van der Waals surface area contributed by atoms with Crippen molar-refractivity contribution in [1.82, 2.24) is 4.31 Å². The minimum absolute atomic E-state index is 0.0440. The van der Waals surface area contributed by atoms with Gasteiger partial charge >= 0.3 is 0 Å². The second kappa shape index (κ2) is 6.70. The number of hydrogen-bond donors (Lipinski definition) is 2. The molecule has 3 N–H and O–H groups in total. The Balaban J connectivity index is 2.42. The molecule has 1 aromatic carbocycles. The Bertz CT molecular complexity index is 731. The highest BCUT2D eigenvalue weighted by molar-refractivity contribution is 7.89. The predicted octanol–water partition coefficient (Wildman–Crippen LogP) is 1.40. The summed E-state index contributed by atoms with van der Waals surface area (Å²) in [5.41, 5.74) is 6.20. The van der Waals surface area contributed by atoms with E-state index in [0.29, 0.717) is 25.2 Å². The first kappa shape index (κ1) is 18.7. The normalized spacial score (nSPS) is 21.3. The minimum Gasteiger partial charge on any atom is -0.495 e. The van der Waals surface area contributed by atoms with Gasteiger partial charge in [0.25, 0.3) is 0 Å². The standard InChI is InChI=1S/C16H25N3O4S/c1-11(20)18-12-5-6-13(23-4)14(9-12)24(21,22)19-8-7-15(17)16(2,3)10-19/h5-6,9,15H,7-8,10,17H2,1-4H3,(H,18,20). The fraction of sp³-hybridized carbons (Fsp3) is 0.562. The average molecular weight is 355 g/mol. The number of carbonyl (C=O) groups excluding carboxylic acids is 1. The number of amides is 1. The van der Waals surface area contributed by atoms with Gasteiger partial charge in [-0.25, -0.2) is 8.42 Å². The summed E-state index contributed by atoms with van der Waals surface area (Å²) in [6.07, 6.45) is 0.597. The molecule has 1 aliphatic rings. The molecule has 1 amide bonds. The van der Waals surface area contributed by atoms with Crippen LogP contribution in [0.5, 0.6) is 5.75 Å². The molecule has 1 heterocycles. The van der Waals surface area contributed by atoms with Gasteiger partial charge in [-0.2, -0.15) is 4.31 Å². The highest BCUT2D eigenvalue weighted by Gasteiger charge is 2.39. The monoisotopic (exact) mass is 355 g/mol. The molecule has 0 saturated carbocycles. The van der Waals surface area contributed by atoms with E-state index in [2.05, 4.69) is 5.32 Å². The Morgan fingerprint density at radius 1 is 1.42 bits per heavy atom. The van der Waals surface area contributed by atoms with E-state index in [1.165, 1.54) is 24.4 Å². The van der Waals surface area contributed by atoms with Crippen LogP contribution in [-0.2, 0) is 14.8 Å². The summed E-state index contributed by atoms with van der Waals surface area (Å²) in [6.45, 7) is 5.99. The fourth-order valence-corrected chi connectivity index (χ4v) is 4.64. The number of nitrogens with zero attached hydrogens (tertiary/aromatic N) is 1. The average Bonchev–Trinajstić information content (AvgIpc) is 2.49. The Hall–Kier alpha value is -1.64. The number of nitrogens with one attached hydrogen (secondary N) is 1. The molecule has 1 saturated heterocycles. The predicted molar refractivity (Wildman–Crippen MR) is 92.4 cm³/mol. The van der Waals surface area contributed by atoms with E-state index in [1.54, 1.807) is 12.1 Å². The second-order valence-corrected chi connectivity index (χ2v) is 8.68. The van der Waals surface area contributed by atoms with Crippen LogP contribution in [-0.4, -0.2) is 44.9 Å². The van der Waals surface area contributed by atoms with E-state index < -0.39 is 10.0 Å². The molecule has 0 bridgehead atoms. The molecular weight excluding hydrogens is 330 g/mol. The molecule has 0 aromatic heterocycles. The number of hydrogen-bond acceptors (Lipinski definition) is 5. The van der Waals surface area contributed by atoms with Crippen LogP contribution in [0.1, 0.15) is 27.2 Å². The molecule has 8 heteroatoms. The van der Waals surface area contributed by atoms with Crippen molar-refractivity contribution < 1.29 is 17.9 Å². The molecule has 1 fully saturated rings. The zero-order chi connectivity index (χ0) is 18.1. The maximum Gasteiger partial charge on any atom is 0.246 e. The van der Waals surface area contributed by atoms with E-state index in [1.807, 2.05) is 13.8 Å². The largest absolute Gasteiger partial charge is 0.495 e. The maximum absolute atomic E-state index is 13.1. The van der Waals surface area contributed by atoms with E-state index in [-0.39, 0.29) is 28.0 Å². The van der Waals surface area contributed by atoms with Crippen LogP contribution in [0.2, 0.25) is 0 Å². The number of rotatable bonds is 4. The van der Waals surface area contributed by atoms with E-state index in [4.69, 9.17) is 10.5 Å². The Morgan fingerprint density at radius 3 is 2.62 bits per heavy atom. The Kier molecular flexibility index (Phi) is 5.22. The summed E-state index contributed by atoms with van der Waals surface area (Å²) >= 11 is 0. The number of benzene rings is 1. The minimum atomic E-state index is -3.76. The summed E-state index contributed by atoms with van der Waals surface area (Å²) < 4.78 is 32.8. The van der Waals surface area contributed by atoms with Crippen molar-refractivity contribution in [2.75, 3.05) is 25.5 Å². The quantitative estimate of drug-likeness (QED) is 0.850. The first-order chi connectivity index (χ1) is 11.1. The van der Waals surface area contributed by atoms with Crippen molar-refractivity contribution in [3.63, 3.8) is 0 Å². The van der Waals surface area contributed by atoms with Gasteiger partial charge in [0.15, 0.2) is 0 Å². The van der Waals surface area contributed by atoms with Crippen molar-refractivity contribution in [3.05, 3.63) is 18.2 Å². The summed E-state index contributed by atoms with van der Waals surface area (Å²) in [5, 5.41) is 2.60. The molecule has 1 aromatic rings. The maximum atomic E-state index is 13.1. The van der Waals surface area contributed by atoms with Gasteiger partial charge in [0.2, 0.25) is 15.9 Å². The van der Waals surface area contributed by atoms with Crippen molar-refractivity contribution in [1.29, 1.82) is 0 Å². The first-order valence-corrected chi connectivity index (χ1v) is 9.23. The molecule has 0 radical (unpaired) electrons. The number of nitrogens with two attached hydrogens (primary N) is 1. The van der Waals surface area contributed by atoms with Crippen molar-refractivity contribution in [2.24, 2.45) is 11.1 Å². The molecule has 2 rings (SSSR count). The molecule has 0 spiro atoms. The fourth-order valence-electron chi connectivity index (χ4n) is 2.83. The van der Waals surface area contributed by atoms with Crippen molar-refractivity contribution in [2.45, 2.75) is 38.1 Å². The van der Waals surface area contributed by atoms with Gasteiger partial charge in [-0.3, -0.25) is 4.79 Å². The van der Waals surface area contributed by atoms with Gasteiger partial charge < -0.3 is 15.8 Å². The van der Waals surface area contributed by atoms with Gasteiger partial charge in [0.05, 0.1) is 7.11 Å². The molecule has 1 atom stereocenters. The highest BCUT2D eigenvalue weighted by Crippen LogP contribution is 2.35. The van der Waals surface area contributed by atoms with Crippen LogP contribution in [0.3, 0.4) is 0 Å². The molecule has 7 nitrogen and oxygen atoms in total. The van der Waals surface area contributed by atoms with E-state index in [0.717, 1.165) is 0 Å². The lowest BCUT2D eigenvalue weighted by molar-refractivity contribution is -0.114. The van der Waals surface area contributed by atoms with Crippen LogP contribution in [0.25, 0.3) is 0 Å². The van der Waals surface area contributed by atoms with E-state index in [9.17, 15) is 13.2 Å². The lowest BCUT2D eigenvalue weighted by atomic mass is 9.81. The topological polar surface area (TPSA) is 102 Å². The molecular formula is C16H25N3O4S. The SMILES string of the molecule is COc1ccc(NC(C)=O)cc1S(=O)(=O)N1CCC(N)C(C)(C)C1. The number of sulfonamides is 1. The molecule has 0 aliphatic carbocycles. The summed E-state index contributed by atoms with van der Waals surface area (Å²) in [7, 11) is -2.34. The van der Waals surface area contributed by atoms with E-state index >= 15 is 0 Å². The van der Waals surface area contributed by atoms with Crippen LogP contribution < -0.4 is 15.8 Å². The van der Waals surface area contributed by atoms with Crippen LogP contribution in [0, 0.1) is 5.41 Å².